The second kappa shape index (κ2) is 4.62. The Morgan fingerprint density at radius 2 is 1.94 bits per heavy atom. The molecule has 0 saturated heterocycles. The molecule has 1 saturated carbocycles. The van der Waals surface area contributed by atoms with Crippen LogP contribution in [0.4, 0.5) is 0 Å². The third-order valence-electron chi connectivity index (χ3n) is 3.67. The fourth-order valence-corrected chi connectivity index (χ4v) is 2.32. The highest BCUT2D eigenvalue weighted by atomic mass is 16.3. The van der Waals surface area contributed by atoms with Crippen LogP contribution < -0.4 is 0 Å². The summed E-state index contributed by atoms with van der Waals surface area (Å²) in [5, 5.41) is 10.1. The van der Waals surface area contributed by atoms with Crippen molar-refractivity contribution in [2.45, 2.75) is 32.4 Å². The van der Waals surface area contributed by atoms with Crippen LogP contribution in [-0.2, 0) is 6.54 Å². The molecule has 0 radical (unpaired) electrons. The highest BCUT2D eigenvalue weighted by Crippen LogP contribution is 2.40. The predicted octanol–water partition coefficient (Wildman–Crippen LogP) is 3.29. The molecule has 0 aliphatic heterocycles. The minimum Gasteiger partial charge on any atom is -0.388 e. The van der Waals surface area contributed by atoms with Gasteiger partial charge in [0.05, 0.1) is 6.10 Å². The Morgan fingerprint density at radius 3 is 2.61 bits per heavy atom. The summed E-state index contributed by atoms with van der Waals surface area (Å²) < 4.78 is 2.14. The van der Waals surface area contributed by atoms with Crippen LogP contribution in [0, 0.1) is 12.8 Å². The standard InChI is InChI=1S/C16H19NO/c1-12-2-4-13(5-3-12)10-17-9-8-15(11-17)16(18)14-6-7-14/h2-5,8-9,11,14,16,18H,6-7,10H2,1H3. The zero-order valence-corrected chi connectivity index (χ0v) is 10.7. The van der Waals surface area contributed by atoms with E-state index in [0.29, 0.717) is 5.92 Å². The quantitative estimate of drug-likeness (QED) is 0.873. The molecule has 18 heavy (non-hydrogen) atoms. The normalized spacial score (nSPS) is 16.8. The smallest absolute Gasteiger partial charge is 0.0832 e. The van der Waals surface area contributed by atoms with E-state index in [4.69, 9.17) is 0 Å². The van der Waals surface area contributed by atoms with Crippen LogP contribution >= 0.6 is 0 Å². The van der Waals surface area contributed by atoms with Gasteiger partial charge in [-0.05, 0) is 42.9 Å². The Hall–Kier alpha value is -1.54. The average molecular weight is 241 g/mol. The largest absolute Gasteiger partial charge is 0.388 e. The van der Waals surface area contributed by atoms with E-state index in [9.17, 15) is 5.11 Å². The van der Waals surface area contributed by atoms with Gasteiger partial charge in [-0.2, -0.15) is 0 Å². The maximum Gasteiger partial charge on any atom is 0.0832 e. The van der Waals surface area contributed by atoms with Crippen molar-refractivity contribution in [2.75, 3.05) is 0 Å². The average Bonchev–Trinajstić information content (AvgIpc) is 3.12. The molecule has 2 aromatic rings. The summed E-state index contributed by atoms with van der Waals surface area (Å²) in [5.74, 6) is 0.500. The van der Waals surface area contributed by atoms with Gasteiger partial charge in [0, 0.05) is 18.9 Å². The number of aliphatic hydroxyl groups is 1. The Kier molecular flexibility index (Phi) is 2.96. The Balaban J connectivity index is 1.71. The van der Waals surface area contributed by atoms with Gasteiger partial charge in [0.2, 0.25) is 0 Å². The molecule has 1 N–H and O–H groups in total. The fourth-order valence-electron chi connectivity index (χ4n) is 2.32. The maximum atomic E-state index is 10.1. The fraction of sp³-hybridized carbons (Fsp3) is 0.375. The molecule has 94 valence electrons. The molecule has 2 heteroatoms. The van der Waals surface area contributed by atoms with E-state index in [1.165, 1.54) is 24.0 Å². The molecule has 1 unspecified atom stereocenters. The van der Waals surface area contributed by atoms with Crippen molar-refractivity contribution >= 4 is 0 Å². The molecule has 1 aromatic heterocycles. The molecule has 2 nitrogen and oxygen atoms in total. The Bertz CT molecular complexity index is 522. The van der Waals surface area contributed by atoms with Crippen LogP contribution in [0.5, 0.6) is 0 Å². The monoisotopic (exact) mass is 241 g/mol. The summed E-state index contributed by atoms with van der Waals surface area (Å²) in [5.41, 5.74) is 3.64. The number of nitrogens with zero attached hydrogens (tertiary/aromatic N) is 1. The van der Waals surface area contributed by atoms with Gasteiger partial charge in [0.25, 0.3) is 0 Å². The van der Waals surface area contributed by atoms with Crippen LogP contribution in [0.3, 0.4) is 0 Å². The zero-order valence-electron chi connectivity index (χ0n) is 10.7. The van der Waals surface area contributed by atoms with E-state index in [1.54, 1.807) is 0 Å². The van der Waals surface area contributed by atoms with Crippen LogP contribution in [0.25, 0.3) is 0 Å². The maximum absolute atomic E-state index is 10.1. The SMILES string of the molecule is Cc1ccc(Cn2ccc(C(O)C3CC3)c2)cc1. The van der Waals surface area contributed by atoms with E-state index in [1.807, 2.05) is 6.07 Å². The lowest BCUT2D eigenvalue weighted by molar-refractivity contribution is 0.154. The van der Waals surface area contributed by atoms with Crippen molar-refractivity contribution in [3.8, 4) is 0 Å². The molecular formula is C16H19NO. The second-order valence-corrected chi connectivity index (χ2v) is 5.39. The molecule has 1 aliphatic rings. The summed E-state index contributed by atoms with van der Waals surface area (Å²) in [6.07, 6.45) is 6.21. The van der Waals surface area contributed by atoms with Crippen LogP contribution in [0.15, 0.2) is 42.7 Å². The Morgan fingerprint density at radius 1 is 1.22 bits per heavy atom. The van der Waals surface area contributed by atoms with Crippen LogP contribution in [0.1, 0.15) is 35.6 Å². The Labute approximate surface area is 108 Å². The van der Waals surface area contributed by atoms with Gasteiger partial charge in [-0.25, -0.2) is 0 Å². The van der Waals surface area contributed by atoms with Crippen molar-refractivity contribution in [3.63, 3.8) is 0 Å². The third-order valence-corrected chi connectivity index (χ3v) is 3.67. The lowest BCUT2D eigenvalue weighted by Crippen LogP contribution is -1.99. The first-order valence-electron chi connectivity index (χ1n) is 6.61. The molecule has 0 amide bonds. The van der Waals surface area contributed by atoms with Gasteiger partial charge >= 0.3 is 0 Å². The minimum atomic E-state index is -0.260. The van der Waals surface area contributed by atoms with E-state index in [0.717, 1.165) is 12.1 Å². The number of aromatic nitrogens is 1. The number of benzene rings is 1. The first kappa shape index (κ1) is 11.5. The van der Waals surface area contributed by atoms with Crippen molar-refractivity contribution in [3.05, 3.63) is 59.4 Å². The number of hydrogen-bond donors (Lipinski definition) is 1. The van der Waals surface area contributed by atoms with Crippen molar-refractivity contribution in [1.29, 1.82) is 0 Å². The van der Waals surface area contributed by atoms with Crippen molar-refractivity contribution in [1.82, 2.24) is 4.57 Å². The van der Waals surface area contributed by atoms with Crippen LogP contribution in [0.2, 0.25) is 0 Å². The lowest BCUT2D eigenvalue weighted by Gasteiger charge is -2.06. The third kappa shape index (κ3) is 2.49. The lowest BCUT2D eigenvalue weighted by atomic mass is 10.1. The summed E-state index contributed by atoms with van der Waals surface area (Å²) >= 11 is 0. The number of hydrogen-bond acceptors (Lipinski definition) is 1. The number of rotatable bonds is 4. The number of aryl methyl sites for hydroxylation is 1. The van der Waals surface area contributed by atoms with Gasteiger partial charge < -0.3 is 9.67 Å². The molecule has 1 heterocycles. The predicted molar refractivity (Wildman–Crippen MR) is 72.4 cm³/mol. The van der Waals surface area contributed by atoms with Gasteiger partial charge in [-0.1, -0.05) is 29.8 Å². The highest BCUT2D eigenvalue weighted by molar-refractivity contribution is 5.23. The van der Waals surface area contributed by atoms with E-state index >= 15 is 0 Å². The zero-order chi connectivity index (χ0) is 12.5. The molecule has 0 spiro atoms. The first-order valence-corrected chi connectivity index (χ1v) is 6.61. The number of aliphatic hydroxyl groups excluding tert-OH is 1. The topological polar surface area (TPSA) is 25.2 Å². The summed E-state index contributed by atoms with van der Waals surface area (Å²) in [7, 11) is 0. The second-order valence-electron chi connectivity index (χ2n) is 5.39. The van der Waals surface area contributed by atoms with Gasteiger partial charge in [-0.15, -0.1) is 0 Å². The van der Waals surface area contributed by atoms with Gasteiger partial charge in [0.1, 0.15) is 0 Å². The van der Waals surface area contributed by atoms with Crippen LogP contribution in [-0.4, -0.2) is 9.67 Å². The summed E-state index contributed by atoms with van der Waals surface area (Å²) in [4.78, 5) is 0. The molecule has 0 bridgehead atoms. The highest BCUT2D eigenvalue weighted by Gasteiger charge is 2.31. The molecule has 1 aliphatic carbocycles. The van der Waals surface area contributed by atoms with E-state index in [2.05, 4.69) is 48.1 Å². The minimum absolute atomic E-state index is 0.260. The summed E-state index contributed by atoms with van der Waals surface area (Å²) in [6, 6.07) is 10.6. The molecular weight excluding hydrogens is 222 g/mol. The molecule has 1 atom stereocenters. The molecule has 1 aromatic carbocycles. The molecule has 3 rings (SSSR count). The molecule has 1 fully saturated rings. The summed E-state index contributed by atoms with van der Waals surface area (Å²) in [6.45, 7) is 2.97. The van der Waals surface area contributed by atoms with Crippen molar-refractivity contribution < 1.29 is 5.11 Å². The van der Waals surface area contributed by atoms with E-state index in [-0.39, 0.29) is 6.10 Å². The van der Waals surface area contributed by atoms with Gasteiger partial charge in [0.15, 0.2) is 0 Å². The van der Waals surface area contributed by atoms with E-state index < -0.39 is 0 Å². The first-order chi connectivity index (χ1) is 8.72. The van der Waals surface area contributed by atoms with Crippen molar-refractivity contribution in [2.24, 2.45) is 5.92 Å². The van der Waals surface area contributed by atoms with Gasteiger partial charge in [-0.3, -0.25) is 0 Å².